The minimum absolute atomic E-state index is 0.345. The van der Waals surface area contributed by atoms with Gasteiger partial charge in [-0.25, -0.2) is 0 Å². The molecule has 0 saturated carbocycles. The Morgan fingerprint density at radius 3 is 2.82 bits per heavy atom. The van der Waals surface area contributed by atoms with Crippen LogP contribution in [-0.4, -0.2) is 17.7 Å². The van der Waals surface area contributed by atoms with Gasteiger partial charge in [0.2, 0.25) is 0 Å². The molecule has 2 rings (SSSR count). The molecule has 1 aromatic carbocycles. The first kappa shape index (κ1) is 12.0. The summed E-state index contributed by atoms with van der Waals surface area (Å²) in [7, 11) is 0. The molecule has 3 nitrogen and oxygen atoms in total. The van der Waals surface area contributed by atoms with E-state index in [1.165, 1.54) is 0 Å². The molecule has 0 amide bonds. The van der Waals surface area contributed by atoms with Crippen LogP contribution in [0.15, 0.2) is 24.3 Å². The van der Waals surface area contributed by atoms with Crippen LogP contribution in [0.1, 0.15) is 32.3 Å². The summed E-state index contributed by atoms with van der Waals surface area (Å²) in [6.45, 7) is 4.60. The first-order chi connectivity index (χ1) is 8.06. The van der Waals surface area contributed by atoms with Gasteiger partial charge >= 0.3 is 5.97 Å². The van der Waals surface area contributed by atoms with Gasteiger partial charge in [0.05, 0.1) is 12.0 Å². The average molecular weight is 234 g/mol. The van der Waals surface area contributed by atoms with E-state index in [4.69, 9.17) is 4.74 Å². The third-order valence-corrected chi connectivity index (χ3v) is 3.36. The molecule has 0 aliphatic carbocycles. The van der Waals surface area contributed by atoms with Gasteiger partial charge in [-0.05, 0) is 18.4 Å². The molecular formula is C14H18O3. The van der Waals surface area contributed by atoms with Crippen LogP contribution in [-0.2, 0) is 10.2 Å². The third kappa shape index (κ3) is 2.02. The highest BCUT2D eigenvalue weighted by molar-refractivity contribution is 5.83. The zero-order chi connectivity index (χ0) is 12.5. The Morgan fingerprint density at radius 2 is 2.18 bits per heavy atom. The number of carbonyl (C=O) groups is 1. The molecule has 1 heterocycles. The highest BCUT2D eigenvalue weighted by atomic mass is 16.5. The Labute approximate surface area is 101 Å². The standard InChI is InChI=1S/C14H18O3/c1-10(2)9-14(13(15)16)7-8-17-12-6-4-3-5-11(12)14/h3-6,10H,7-9H2,1-2H3,(H,15,16). The van der Waals surface area contributed by atoms with Crippen LogP contribution >= 0.6 is 0 Å². The van der Waals surface area contributed by atoms with E-state index in [1.54, 1.807) is 0 Å². The molecule has 0 spiro atoms. The van der Waals surface area contributed by atoms with Gasteiger partial charge in [0.15, 0.2) is 0 Å². The van der Waals surface area contributed by atoms with Gasteiger partial charge in [0, 0.05) is 12.0 Å². The zero-order valence-electron chi connectivity index (χ0n) is 10.3. The molecule has 0 aromatic heterocycles. The van der Waals surface area contributed by atoms with Gasteiger partial charge in [0.1, 0.15) is 5.75 Å². The van der Waals surface area contributed by atoms with E-state index in [9.17, 15) is 9.90 Å². The van der Waals surface area contributed by atoms with E-state index >= 15 is 0 Å². The number of carboxylic acid groups (broad SMARTS) is 1. The summed E-state index contributed by atoms with van der Waals surface area (Å²) in [5.41, 5.74) is 0.0516. The second-order valence-electron chi connectivity index (χ2n) is 5.08. The minimum Gasteiger partial charge on any atom is -0.493 e. The van der Waals surface area contributed by atoms with Crippen LogP contribution < -0.4 is 4.74 Å². The zero-order valence-corrected chi connectivity index (χ0v) is 10.3. The van der Waals surface area contributed by atoms with Crippen molar-refractivity contribution in [1.29, 1.82) is 0 Å². The van der Waals surface area contributed by atoms with Crippen molar-refractivity contribution in [2.24, 2.45) is 5.92 Å². The van der Waals surface area contributed by atoms with Crippen LogP contribution in [0, 0.1) is 5.92 Å². The fourth-order valence-corrected chi connectivity index (χ4v) is 2.68. The molecule has 0 saturated heterocycles. The number of rotatable bonds is 3. The largest absolute Gasteiger partial charge is 0.493 e. The lowest BCUT2D eigenvalue weighted by Gasteiger charge is -2.36. The minimum atomic E-state index is -0.775. The number of aliphatic carboxylic acids is 1. The van der Waals surface area contributed by atoms with Crippen molar-refractivity contribution >= 4 is 5.97 Å². The fraction of sp³-hybridized carbons (Fsp3) is 0.500. The van der Waals surface area contributed by atoms with E-state index in [0.29, 0.717) is 25.4 Å². The summed E-state index contributed by atoms with van der Waals surface area (Å²) in [6.07, 6.45) is 1.21. The predicted octanol–water partition coefficient (Wildman–Crippen LogP) is 2.84. The first-order valence-electron chi connectivity index (χ1n) is 6.02. The number of para-hydroxylation sites is 1. The van der Waals surface area contributed by atoms with E-state index in [-0.39, 0.29) is 0 Å². The maximum absolute atomic E-state index is 11.7. The number of hydrogen-bond acceptors (Lipinski definition) is 2. The van der Waals surface area contributed by atoms with Crippen molar-refractivity contribution < 1.29 is 14.6 Å². The fourth-order valence-electron chi connectivity index (χ4n) is 2.68. The quantitative estimate of drug-likeness (QED) is 0.874. The molecule has 0 radical (unpaired) electrons. The smallest absolute Gasteiger partial charge is 0.314 e. The lowest BCUT2D eigenvalue weighted by Crippen LogP contribution is -2.41. The highest BCUT2D eigenvalue weighted by Gasteiger charge is 2.44. The normalized spacial score (nSPS) is 23.0. The molecular weight excluding hydrogens is 216 g/mol. The maximum Gasteiger partial charge on any atom is 0.314 e. The van der Waals surface area contributed by atoms with Crippen molar-refractivity contribution in [1.82, 2.24) is 0 Å². The van der Waals surface area contributed by atoms with E-state index in [2.05, 4.69) is 13.8 Å². The molecule has 92 valence electrons. The van der Waals surface area contributed by atoms with Crippen LogP contribution in [0.4, 0.5) is 0 Å². The highest BCUT2D eigenvalue weighted by Crippen LogP contribution is 2.43. The molecule has 3 heteroatoms. The van der Waals surface area contributed by atoms with E-state index < -0.39 is 11.4 Å². The molecule has 1 N–H and O–H groups in total. The number of carboxylic acids is 1. The molecule has 17 heavy (non-hydrogen) atoms. The van der Waals surface area contributed by atoms with E-state index in [0.717, 1.165) is 11.3 Å². The van der Waals surface area contributed by atoms with E-state index in [1.807, 2.05) is 24.3 Å². The van der Waals surface area contributed by atoms with Crippen molar-refractivity contribution in [3.8, 4) is 5.75 Å². The lowest BCUT2D eigenvalue weighted by atomic mass is 9.71. The van der Waals surface area contributed by atoms with Gasteiger partial charge in [-0.3, -0.25) is 4.79 Å². The third-order valence-electron chi connectivity index (χ3n) is 3.36. The number of ether oxygens (including phenoxy) is 1. The summed E-state index contributed by atoms with van der Waals surface area (Å²) >= 11 is 0. The first-order valence-corrected chi connectivity index (χ1v) is 6.02. The molecule has 1 atom stereocenters. The van der Waals surface area contributed by atoms with Gasteiger partial charge < -0.3 is 9.84 Å². The molecule has 1 unspecified atom stereocenters. The predicted molar refractivity (Wildman–Crippen MR) is 65.3 cm³/mol. The average Bonchev–Trinajstić information content (AvgIpc) is 2.28. The van der Waals surface area contributed by atoms with Crippen molar-refractivity contribution in [2.75, 3.05) is 6.61 Å². The van der Waals surface area contributed by atoms with Crippen molar-refractivity contribution in [3.63, 3.8) is 0 Å². The summed E-state index contributed by atoms with van der Waals surface area (Å²) in [5.74, 6) is 0.334. The molecule has 0 fully saturated rings. The second-order valence-corrected chi connectivity index (χ2v) is 5.08. The van der Waals surface area contributed by atoms with Crippen LogP contribution in [0.25, 0.3) is 0 Å². The van der Waals surface area contributed by atoms with Crippen LogP contribution in [0.3, 0.4) is 0 Å². The number of benzene rings is 1. The number of hydrogen-bond donors (Lipinski definition) is 1. The molecule has 1 aromatic rings. The Balaban J connectivity index is 2.51. The Bertz CT molecular complexity index is 425. The molecule has 0 bridgehead atoms. The summed E-state index contributed by atoms with van der Waals surface area (Å²) in [4.78, 5) is 11.7. The van der Waals surface area contributed by atoms with Gasteiger partial charge in [-0.15, -0.1) is 0 Å². The topological polar surface area (TPSA) is 46.5 Å². The monoisotopic (exact) mass is 234 g/mol. The summed E-state index contributed by atoms with van der Waals surface area (Å²) < 4.78 is 5.55. The van der Waals surface area contributed by atoms with Gasteiger partial charge in [-0.1, -0.05) is 32.0 Å². The van der Waals surface area contributed by atoms with Crippen molar-refractivity contribution in [3.05, 3.63) is 29.8 Å². The van der Waals surface area contributed by atoms with Gasteiger partial charge in [0.25, 0.3) is 0 Å². The SMILES string of the molecule is CC(C)CC1(C(=O)O)CCOc2ccccc21. The molecule has 1 aliphatic rings. The Morgan fingerprint density at radius 1 is 1.47 bits per heavy atom. The summed E-state index contributed by atoms with van der Waals surface area (Å²) in [6, 6.07) is 7.50. The van der Waals surface area contributed by atoms with Crippen LogP contribution in [0.5, 0.6) is 5.75 Å². The van der Waals surface area contributed by atoms with Gasteiger partial charge in [-0.2, -0.15) is 0 Å². The van der Waals surface area contributed by atoms with Crippen LogP contribution in [0.2, 0.25) is 0 Å². The Hall–Kier alpha value is -1.51. The summed E-state index contributed by atoms with van der Waals surface area (Å²) in [5, 5.41) is 9.63. The molecule has 1 aliphatic heterocycles. The lowest BCUT2D eigenvalue weighted by molar-refractivity contribution is -0.146. The number of fused-ring (bicyclic) bond motifs is 1. The Kier molecular flexibility index (Phi) is 3.09. The van der Waals surface area contributed by atoms with Crippen molar-refractivity contribution in [2.45, 2.75) is 32.1 Å². The maximum atomic E-state index is 11.7. The second kappa shape index (κ2) is 4.40.